The van der Waals surface area contributed by atoms with Crippen LogP contribution < -0.4 is 10.6 Å². The minimum atomic E-state index is -0.436. The standard InChI is InChI=1S/C14H30N2O2S/c1-11(2)12(9-15-7-8-19-6)10-16-13(17)18-14(3,4)5/h11-12,15H,7-10H2,1-6H3,(H,16,17). The number of carbonyl (C=O) groups excluding carboxylic acids is 1. The fourth-order valence-corrected chi connectivity index (χ4v) is 1.88. The smallest absolute Gasteiger partial charge is 0.407 e. The fraction of sp³-hybridized carbons (Fsp3) is 0.929. The van der Waals surface area contributed by atoms with E-state index in [0.29, 0.717) is 18.4 Å². The number of hydrogen-bond acceptors (Lipinski definition) is 4. The van der Waals surface area contributed by atoms with Crippen LogP contribution in [0.3, 0.4) is 0 Å². The maximum atomic E-state index is 11.6. The molecule has 4 nitrogen and oxygen atoms in total. The number of alkyl carbamates (subject to hydrolysis) is 1. The van der Waals surface area contributed by atoms with Crippen molar-refractivity contribution < 1.29 is 9.53 Å². The predicted octanol–water partition coefficient (Wildman–Crippen LogP) is 2.74. The van der Waals surface area contributed by atoms with Crippen LogP contribution >= 0.6 is 11.8 Å². The molecule has 0 aliphatic rings. The second-order valence-corrected chi connectivity index (χ2v) is 7.07. The van der Waals surface area contributed by atoms with E-state index < -0.39 is 5.60 Å². The molecule has 0 aliphatic carbocycles. The third-order valence-corrected chi connectivity index (χ3v) is 3.35. The van der Waals surface area contributed by atoms with Crippen molar-refractivity contribution >= 4 is 17.9 Å². The molecule has 0 bridgehead atoms. The highest BCUT2D eigenvalue weighted by Gasteiger charge is 2.18. The van der Waals surface area contributed by atoms with Gasteiger partial charge < -0.3 is 15.4 Å². The SMILES string of the molecule is CSCCNCC(CNC(=O)OC(C)(C)C)C(C)C. The molecular weight excluding hydrogens is 260 g/mol. The highest BCUT2D eigenvalue weighted by Crippen LogP contribution is 2.10. The predicted molar refractivity (Wildman–Crippen MR) is 83.8 cm³/mol. The second kappa shape index (κ2) is 9.48. The van der Waals surface area contributed by atoms with Gasteiger partial charge in [0.2, 0.25) is 0 Å². The summed E-state index contributed by atoms with van der Waals surface area (Å²) in [5.74, 6) is 2.07. The third kappa shape index (κ3) is 11.1. The van der Waals surface area contributed by atoms with Crippen LogP contribution in [0.4, 0.5) is 4.79 Å². The number of hydrogen-bond donors (Lipinski definition) is 2. The summed E-state index contributed by atoms with van der Waals surface area (Å²) in [5, 5.41) is 6.28. The zero-order valence-corrected chi connectivity index (χ0v) is 14.0. The molecule has 0 saturated carbocycles. The zero-order valence-electron chi connectivity index (χ0n) is 13.2. The van der Waals surface area contributed by atoms with Gasteiger partial charge in [-0.3, -0.25) is 0 Å². The monoisotopic (exact) mass is 290 g/mol. The molecule has 0 radical (unpaired) electrons. The van der Waals surface area contributed by atoms with E-state index in [9.17, 15) is 4.79 Å². The molecule has 2 N–H and O–H groups in total. The van der Waals surface area contributed by atoms with Gasteiger partial charge in [-0.1, -0.05) is 13.8 Å². The Morgan fingerprint density at radius 2 is 1.89 bits per heavy atom. The first-order valence-corrected chi connectivity index (χ1v) is 8.32. The summed E-state index contributed by atoms with van der Waals surface area (Å²) in [6, 6.07) is 0. The van der Waals surface area contributed by atoms with Crippen molar-refractivity contribution in [1.82, 2.24) is 10.6 Å². The zero-order chi connectivity index (χ0) is 14.9. The first-order chi connectivity index (χ1) is 8.76. The highest BCUT2D eigenvalue weighted by molar-refractivity contribution is 7.98. The fourth-order valence-electron chi connectivity index (χ4n) is 1.53. The lowest BCUT2D eigenvalue weighted by molar-refractivity contribution is 0.0515. The van der Waals surface area contributed by atoms with E-state index in [-0.39, 0.29) is 6.09 Å². The van der Waals surface area contributed by atoms with Gasteiger partial charge in [-0.25, -0.2) is 4.79 Å². The van der Waals surface area contributed by atoms with Crippen LogP contribution in [0.2, 0.25) is 0 Å². The molecule has 0 aromatic carbocycles. The number of ether oxygens (including phenoxy) is 1. The van der Waals surface area contributed by atoms with Crippen LogP contribution in [-0.4, -0.2) is 43.3 Å². The molecule has 0 rings (SSSR count). The van der Waals surface area contributed by atoms with Crippen molar-refractivity contribution in [2.75, 3.05) is 31.6 Å². The van der Waals surface area contributed by atoms with E-state index in [1.807, 2.05) is 32.5 Å². The van der Waals surface area contributed by atoms with Crippen LogP contribution in [0.1, 0.15) is 34.6 Å². The molecule has 0 saturated heterocycles. The largest absolute Gasteiger partial charge is 0.444 e. The van der Waals surface area contributed by atoms with Crippen LogP contribution in [-0.2, 0) is 4.74 Å². The summed E-state index contributed by atoms with van der Waals surface area (Å²) in [6.45, 7) is 12.6. The average Bonchev–Trinajstić information content (AvgIpc) is 2.25. The van der Waals surface area contributed by atoms with E-state index in [4.69, 9.17) is 4.74 Å². The summed E-state index contributed by atoms with van der Waals surface area (Å²) in [4.78, 5) is 11.6. The van der Waals surface area contributed by atoms with Crippen molar-refractivity contribution in [1.29, 1.82) is 0 Å². The van der Waals surface area contributed by atoms with Gasteiger partial charge in [0.05, 0.1) is 0 Å². The van der Waals surface area contributed by atoms with Crippen LogP contribution in [0.25, 0.3) is 0 Å². The minimum Gasteiger partial charge on any atom is -0.444 e. The average molecular weight is 290 g/mol. The number of carbonyl (C=O) groups is 1. The molecule has 0 fully saturated rings. The number of nitrogens with one attached hydrogen (secondary N) is 2. The molecule has 5 heteroatoms. The molecule has 19 heavy (non-hydrogen) atoms. The number of amides is 1. The molecule has 0 heterocycles. The quantitative estimate of drug-likeness (QED) is 0.675. The third-order valence-electron chi connectivity index (χ3n) is 2.74. The Morgan fingerprint density at radius 3 is 2.37 bits per heavy atom. The van der Waals surface area contributed by atoms with Crippen LogP contribution in [0, 0.1) is 11.8 Å². The Labute approximate surface area is 122 Å². The van der Waals surface area contributed by atoms with Crippen molar-refractivity contribution in [2.45, 2.75) is 40.2 Å². The van der Waals surface area contributed by atoms with Gasteiger partial charge in [0, 0.05) is 18.8 Å². The van der Waals surface area contributed by atoms with Crippen molar-refractivity contribution in [3.05, 3.63) is 0 Å². The highest BCUT2D eigenvalue weighted by atomic mass is 32.2. The number of thioether (sulfide) groups is 1. The molecule has 0 aromatic rings. The molecule has 1 atom stereocenters. The first-order valence-electron chi connectivity index (χ1n) is 6.92. The Balaban J connectivity index is 3.97. The molecule has 1 amide bonds. The summed E-state index contributed by atoms with van der Waals surface area (Å²) in [7, 11) is 0. The summed E-state index contributed by atoms with van der Waals surface area (Å²) in [5.41, 5.74) is -0.436. The van der Waals surface area contributed by atoms with Crippen LogP contribution in [0.5, 0.6) is 0 Å². The molecule has 1 unspecified atom stereocenters. The minimum absolute atomic E-state index is 0.331. The maximum Gasteiger partial charge on any atom is 0.407 e. The van der Waals surface area contributed by atoms with E-state index in [2.05, 4.69) is 30.7 Å². The van der Waals surface area contributed by atoms with Crippen molar-refractivity contribution in [3.8, 4) is 0 Å². The van der Waals surface area contributed by atoms with Gasteiger partial charge >= 0.3 is 6.09 Å². The Morgan fingerprint density at radius 1 is 1.26 bits per heavy atom. The van der Waals surface area contributed by atoms with Crippen LogP contribution in [0.15, 0.2) is 0 Å². The van der Waals surface area contributed by atoms with Gasteiger partial charge in [0.1, 0.15) is 5.60 Å². The normalized spacial score (nSPS) is 13.4. The van der Waals surface area contributed by atoms with Gasteiger partial charge in [0.15, 0.2) is 0 Å². The van der Waals surface area contributed by atoms with Crippen molar-refractivity contribution in [2.24, 2.45) is 11.8 Å². The van der Waals surface area contributed by atoms with Gasteiger partial charge in [-0.2, -0.15) is 11.8 Å². The van der Waals surface area contributed by atoms with E-state index in [0.717, 1.165) is 18.8 Å². The van der Waals surface area contributed by atoms with Gasteiger partial charge in [0.25, 0.3) is 0 Å². The molecule has 0 aliphatic heterocycles. The molecular formula is C14H30N2O2S. The Bertz CT molecular complexity index is 252. The van der Waals surface area contributed by atoms with Gasteiger partial charge in [-0.05, 0) is 45.4 Å². The molecule has 0 spiro atoms. The Hall–Kier alpha value is -0.420. The summed E-state index contributed by atoms with van der Waals surface area (Å²) < 4.78 is 5.24. The second-order valence-electron chi connectivity index (χ2n) is 6.08. The summed E-state index contributed by atoms with van der Waals surface area (Å²) in [6.07, 6.45) is 1.77. The van der Waals surface area contributed by atoms with Gasteiger partial charge in [-0.15, -0.1) is 0 Å². The van der Waals surface area contributed by atoms with E-state index in [1.54, 1.807) is 0 Å². The van der Waals surface area contributed by atoms with Crippen molar-refractivity contribution in [3.63, 3.8) is 0 Å². The molecule has 0 aromatic heterocycles. The number of rotatable bonds is 8. The lowest BCUT2D eigenvalue weighted by atomic mass is 9.96. The van der Waals surface area contributed by atoms with E-state index >= 15 is 0 Å². The van der Waals surface area contributed by atoms with E-state index in [1.165, 1.54) is 0 Å². The molecule has 114 valence electrons. The lowest BCUT2D eigenvalue weighted by Crippen LogP contribution is -2.39. The summed E-state index contributed by atoms with van der Waals surface area (Å²) >= 11 is 1.83. The first kappa shape index (κ1) is 18.6. The lowest BCUT2D eigenvalue weighted by Gasteiger charge is -2.24. The Kier molecular flexibility index (Phi) is 9.27. The maximum absolute atomic E-state index is 11.6. The topological polar surface area (TPSA) is 50.4 Å².